The molecule has 0 aliphatic rings. The van der Waals surface area contributed by atoms with E-state index < -0.39 is 0 Å². The summed E-state index contributed by atoms with van der Waals surface area (Å²) in [5, 5.41) is 19.1. The molecule has 0 amide bonds. The van der Waals surface area contributed by atoms with Gasteiger partial charge in [0.25, 0.3) is 0 Å². The second-order valence-electron chi connectivity index (χ2n) is 4.17. The number of rotatable bonds is 5. The molecule has 4 heteroatoms. The van der Waals surface area contributed by atoms with Gasteiger partial charge in [0.2, 0.25) is 0 Å². The first-order valence-electron chi connectivity index (χ1n) is 6.02. The minimum atomic E-state index is -0.257. The van der Waals surface area contributed by atoms with Crippen LogP contribution in [0, 0.1) is 0 Å². The summed E-state index contributed by atoms with van der Waals surface area (Å²) < 4.78 is 11.0. The first-order valence-corrected chi connectivity index (χ1v) is 6.02. The number of hydrogen-bond donors (Lipinski definition) is 2. The summed E-state index contributed by atoms with van der Waals surface area (Å²) in [5.74, 6) is 1.01. The smallest absolute Gasteiger partial charge is 0.161 e. The monoisotopic (exact) mass is 260 g/mol. The van der Waals surface area contributed by atoms with Crippen molar-refractivity contribution >= 4 is 0 Å². The number of hydrogen-bond acceptors (Lipinski definition) is 4. The number of benzene rings is 2. The van der Waals surface area contributed by atoms with Gasteiger partial charge in [-0.1, -0.05) is 24.3 Å². The zero-order valence-electron chi connectivity index (χ0n) is 10.6. The molecule has 0 aromatic heterocycles. The summed E-state index contributed by atoms with van der Waals surface area (Å²) in [6, 6.07) is 13.5. The Morgan fingerprint density at radius 2 is 1.42 bits per heavy atom. The Bertz CT molecular complexity index is 539. The van der Waals surface area contributed by atoms with E-state index in [1.165, 1.54) is 0 Å². The lowest BCUT2D eigenvalue weighted by atomic mass is 10.3. The molecule has 0 saturated heterocycles. The number of para-hydroxylation sites is 4. The van der Waals surface area contributed by atoms with Crippen LogP contribution in [0.5, 0.6) is 23.0 Å². The van der Waals surface area contributed by atoms with E-state index in [4.69, 9.17) is 9.47 Å². The lowest BCUT2D eigenvalue weighted by molar-refractivity contribution is 0.137. The van der Waals surface area contributed by atoms with Crippen LogP contribution in [0.4, 0.5) is 0 Å². The van der Waals surface area contributed by atoms with Crippen LogP contribution in [0.1, 0.15) is 6.92 Å². The standard InChI is InChI=1S/C15H16O4/c1-11(19-15-9-5-3-7-13(15)17)10-18-14-8-4-2-6-12(14)16/h2-9,11,16-17H,10H2,1H3. The minimum absolute atomic E-state index is 0.0944. The summed E-state index contributed by atoms with van der Waals surface area (Å²) >= 11 is 0. The van der Waals surface area contributed by atoms with Crippen LogP contribution < -0.4 is 9.47 Å². The third-order valence-corrected chi connectivity index (χ3v) is 2.53. The number of ether oxygens (including phenoxy) is 2. The molecule has 2 N–H and O–H groups in total. The number of aromatic hydroxyl groups is 2. The zero-order chi connectivity index (χ0) is 13.7. The Hall–Kier alpha value is -2.36. The van der Waals surface area contributed by atoms with Crippen molar-refractivity contribution in [2.24, 2.45) is 0 Å². The Kier molecular flexibility index (Phi) is 4.13. The molecule has 2 aromatic rings. The molecule has 0 radical (unpaired) electrons. The minimum Gasteiger partial charge on any atom is -0.504 e. The van der Waals surface area contributed by atoms with Gasteiger partial charge in [-0.2, -0.15) is 0 Å². The Morgan fingerprint density at radius 1 is 0.895 bits per heavy atom. The van der Waals surface area contributed by atoms with Crippen molar-refractivity contribution in [3.05, 3.63) is 48.5 Å². The molecule has 4 nitrogen and oxygen atoms in total. The van der Waals surface area contributed by atoms with Crippen LogP contribution in [-0.4, -0.2) is 22.9 Å². The van der Waals surface area contributed by atoms with Crippen LogP contribution in [0.2, 0.25) is 0 Å². The molecular weight excluding hydrogens is 244 g/mol. The summed E-state index contributed by atoms with van der Waals surface area (Å²) in [6.45, 7) is 2.10. The maximum Gasteiger partial charge on any atom is 0.161 e. The highest BCUT2D eigenvalue weighted by molar-refractivity contribution is 5.39. The maximum absolute atomic E-state index is 9.58. The van der Waals surface area contributed by atoms with Gasteiger partial charge in [0.05, 0.1) is 0 Å². The van der Waals surface area contributed by atoms with E-state index in [1.807, 2.05) is 6.92 Å². The van der Waals surface area contributed by atoms with Crippen molar-refractivity contribution in [1.29, 1.82) is 0 Å². The van der Waals surface area contributed by atoms with Crippen LogP contribution in [-0.2, 0) is 0 Å². The molecular formula is C15H16O4. The molecule has 2 rings (SSSR count). The second-order valence-corrected chi connectivity index (χ2v) is 4.17. The topological polar surface area (TPSA) is 58.9 Å². The molecule has 0 aliphatic carbocycles. The fourth-order valence-corrected chi connectivity index (χ4v) is 1.59. The lowest BCUT2D eigenvalue weighted by Gasteiger charge is -2.16. The average molecular weight is 260 g/mol. The Morgan fingerprint density at radius 3 is 2.00 bits per heavy atom. The Balaban J connectivity index is 1.90. The average Bonchev–Trinajstić information content (AvgIpc) is 2.40. The molecule has 0 spiro atoms. The van der Waals surface area contributed by atoms with Gasteiger partial charge in [-0.3, -0.25) is 0 Å². The van der Waals surface area contributed by atoms with Crippen molar-refractivity contribution in [3.8, 4) is 23.0 Å². The molecule has 0 saturated carbocycles. The highest BCUT2D eigenvalue weighted by Gasteiger charge is 2.09. The van der Waals surface area contributed by atoms with E-state index in [2.05, 4.69) is 0 Å². The molecule has 0 heterocycles. The third-order valence-electron chi connectivity index (χ3n) is 2.53. The lowest BCUT2D eigenvalue weighted by Crippen LogP contribution is -2.21. The molecule has 0 bridgehead atoms. The predicted molar refractivity (Wildman–Crippen MR) is 71.8 cm³/mol. The molecule has 0 fully saturated rings. The van der Waals surface area contributed by atoms with Gasteiger partial charge in [0.1, 0.15) is 12.7 Å². The third kappa shape index (κ3) is 3.55. The second kappa shape index (κ2) is 6.00. The summed E-state index contributed by atoms with van der Waals surface area (Å²) in [4.78, 5) is 0. The molecule has 100 valence electrons. The highest BCUT2D eigenvalue weighted by atomic mass is 16.5. The van der Waals surface area contributed by atoms with Crippen molar-refractivity contribution in [2.45, 2.75) is 13.0 Å². The number of phenolic OH excluding ortho intramolecular Hbond substituents is 2. The predicted octanol–water partition coefficient (Wildman–Crippen LogP) is 2.94. The number of phenols is 2. The Labute approximate surface area is 111 Å². The van der Waals surface area contributed by atoms with Crippen molar-refractivity contribution in [1.82, 2.24) is 0 Å². The fourth-order valence-electron chi connectivity index (χ4n) is 1.59. The van der Waals surface area contributed by atoms with Crippen molar-refractivity contribution in [3.63, 3.8) is 0 Å². The summed E-state index contributed by atoms with van der Waals surface area (Å²) in [6.07, 6.45) is -0.257. The van der Waals surface area contributed by atoms with Crippen molar-refractivity contribution in [2.75, 3.05) is 6.61 Å². The molecule has 1 unspecified atom stereocenters. The normalized spacial score (nSPS) is 11.8. The van der Waals surface area contributed by atoms with E-state index in [0.29, 0.717) is 11.5 Å². The van der Waals surface area contributed by atoms with Crippen LogP contribution in [0.25, 0.3) is 0 Å². The molecule has 2 aromatic carbocycles. The van der Waals surface area contributed by atoms with Crippen molar-refractivity contribution < 1.29 is 19.7 Å². The SMILES string of the molecule is CC(COc1ccccc1O)Oc1ccccc1O. The van der Waals surface area contributed by atoms with Gasteiger partial charge in [-0.25, -0.2) is 0 Å². The van der Waals surface area contributed by atoms with Gasteiger partial charge in [-0.15, -0.1) is 0 Å². The largest absolute Gasteiger partial charge is 0.504 e. The van der Waals surface area contributed by atoms with E-state index in [0.717, 1.165) is 0 Å². The van der Waals surface area contributed by atoms with Crippen LogP contribution in [0.3, 0.4) is 0 Å². The van der Waals surface area contributed by atoms with Gasteiger partial charge in [-0.05, 0) is 31.2 Å². The van der Waals surface area contributed by atoms with Crippen LogP contribution in [0.15, 0.2) is 48.5 Å². The van der Waals surface area contributed by atoms with Gasteiger partial charge < -0.3 is 19.7 Å². The molecule has 0 aliphatic heterocycles. The van der Waals surface area contributed by atoms with E-state index in [1.54, 1.807) is 48.5 Å². The van der Waals surface area contributed by atoms with E-state index in [-0.39, 0.29) is 24.2 Å². The summed E-state index contributed by atoms with van der Waals surface area (Å²) in [5.41, 5.74) is 0. The van der Waals surface area contributed by atoms with Gasteiger partial charge >= 0.3 is 0 Å². The highest BCUT2D eigenvalue weighted by Crippen LogP contribution is 2.27. The fraction of sp³-hybridized carbons (Fsp3) is 0.200. The van der Waals surface area contributed by atoms with Gasteiger partial charge in [0.15, 0.2) is 23.0 Å². The van der Waals surface area contributed by atoms with Gasteiger partial charge in [0, 0.05) is 0 Å². The summed E-state index contributed by atoms with van der Waals surface area (Å²) in [7, 11) is 0. The first-order chi connectivity index (χ1) is 9.16. The zero-order valence-corrected chi connectivity index (χ0v) is 10.6. The molecule has 1 atom stereocenters. The van der Waals surface area contributed by atoms with Crippen LogP contribution >= 0.6 is 0 Å². The maximum atomic E-state index is 9.58. The first kappa shape index (κ1) is 13.1. The van der Waals surface area contributed by atoms with E-state index >= 15 is 0 Å². The quantitative estimate of drug-likeness (QED) is 0.867. The molecule has 19 heavy (non-hydrogen) atoms. The van der Waals surface area contributed by atoms with E-state index in [9.17, 15) is 10.2 Å².